The molecule has 0 saturated heterocycles. The number of hydrogen-bond acceptors (Lipinski definition) is 2. The van der Waals surface area contributed by atoms with Gasteiger partial charge in [0.05, 0.1) is 5.69 Å². The van der Waals surface area contributed by atoms with E-state index in [0.29, 0.717) is 6.04 Å². The summed E-state index contributed by atoms with van der Waals surface area (Å²) in [5.74, 6) is 0. The molecule has 0 unspecified atom stereocenters. The molecule has 2 aromatic rings. The molecular formula is C13H16BrN3. The van der Waals surface area contributed by atoms with Crippen molar-refractivity contribution in [3.8, 4) is 5.69 Å². The molecule has 1 N–H and O–H groups in total. The van der Waals surface area contributed by atoms with E-state index >= 15 is 0 Å². The van der Waals surface area contributed by atoms with Crippen LogP contribution in [0.1, 0.15) is 19.4 Å². The van der Waals surface area contributed by atoms with E-state index in [1.54, 1.807) is 6.20 Å². The van der Waals surface area contributed by atoms with Gasteiger partial charge in [0.1, 0.15) is 0 Å². The van der Waals surface area contributed by atoms with Crippen molar-refractivity contribution in [1.29, 1.82) is 0 Å². The summed E-state index contributed by atoms with van der Waals surface area (Å²) in [6.45, 7) is 5.14. The Morgan fingerprint density at radius 1 is 1.41 bits per heavy atom. The van der Waals surface area contributed by atoms with Gasteiger partial charge in [-0.15, -0.1) is 0 Å². The number of benzene rings is 1. The van der Waals surface area contributed by atoms with Crippen LogP contribution < -0.4 is 5.32 Å². The van der Waals surface area contributed by atoms with Crippen LogP contribution in [-0.2, 0) is 6.54 Å². The summed E-state index contributed by atoms with van der Waals surface area (Å²) < 4.78 is 2.96. The Bertz CT molecular complexity index is 477. The second-order valence-electron chi connectivity index (χ2n) is 4.26. The van der Waals surface area contributed by atoms with Crippen LogP contribution in [0.2, 0.25) is 0 Å². The normalized spacial score (nSPS) is 11.1. The lowest BCUT2D eigenvalue weighted by Gasteiger charge is -2.13. The summed E-state index contributed by atoms with van der Waals surface area (Å²) in [4.78, 5) is 0. The Hall–Kier alpha value is -1.13. The summed E-state index contributed by atoms with van der Waals surface area (Å²) in [7, 11) is 0. The van der Waals surface area contributed by atoms with Gasteiger partial charge < -0.3 is 5.32 Å². The molecule has 90 valence electrons. The minimum absolute atomic E-state index is 0.476. The van der Waals surface area contributed by atoms with Gasteiger partial charge in [-0.2, -0.15) is 5.10 Å². The third kappa shape index (κ3) is 3.17. The summed E-state index contributed by atoms with van der Waals surface area (Å²) in [6.07, 6.45) is 3.75. The molecule has 0 spiro atoms. The summed E-state index contributed by atoms with van der Waals surface area (Å²) in [6, 6.07) is 8.68. The molecule has 0 aliphatic rings. The van der Waals surface area contributed by atoms with Crippen LogP contribution in [0.5, 0.6) is 0 Å². The maximum atomic E-state index is 4.28. The first-order valence-electron chi connectivity index (χ1n) is 5.68. The highest BCUT2D eigenvalue weighted by Gasteiger charge is 2.06. The Labute approximate surface area is 110 Å². The minimum atomic E-state index is 0.476. The topological polar surface area (TPSA) is 29.9 Å². The van der Waals surface area contributed by atoms with E-state index in [0.717, 1.165) is 16.7 Å². The van der Waals surface area contributed by atoms with Crippen LogP contribution in [0.25, 0.3) is 5.69 Å². The third-order valence-corrected chi connectivity index (χ3v) is 2.99. The van der Waals surface area contributed by atoms with E-state index in [9.17, 15) is 0 Å². The number of nitrogens with one attached hydrogen (secondary N) is 1. The first-order chi connectivity index (χ1) is 8.16. The predicted octanol–water partition coefficient (Wildman–Crippen LogP) is 3.13. The number of rotatable bonds is 4. The lowest BCUT2D eigenvalue weighted by Crippen LogP contribution is -2.22. The van der Waals surface area contributed by atoms with Crippen molar-refractivity contribution in [2.24, 2.45) is 0 Å². The monoisotopic (exact) mass is 293 g/mol. The smallest absolute Gasteiger partial charge is 0.0701 e. The molecule has 0 saturated carbocycles. The highest BCUT2D eigenvalue weighted by Crippen LogP contribution is 2.20. The van der Waals surface area contributed by atoms with Crippen LogP contribution in [0.15, 0.2) is 41.1 Å². The zero-order valence-corrected chi connectivity index (χ0v) is 11.6. The van der Waals surface area contributed by atoms with Gasteiger partial charge in [-0.05, 0) is 23.8 Å². The fourth-order valence-electron chi connectivity index (χ4n) is 1.63. The second kappa shape index (κ2) is 5.47. The van der Waals surface area contributed by atoms with Gasteiger partial charge in [0, 0.05) is 29.5 Å². The number of aromatic nitrogens is 2. The third-order valence-electron chi connectivity index (χ3n) is 2.50. The largest absolute Gasteiger partial charge is 0.310 e. The number of halogens is 1. The van der Waals surface area contributed by atoms with Crippen LogP contribution in [0, 0.1) is 0 Å². The lowest BCUT2D eigenvalue weighted by atomic mass is 10.1. The van der Waals surface area contributed by atoms with Crippen LogP contribution in [-0.4, -0.2) is 15.8 Å². The molecule has 0 radical (unpaired) electrons. The van der Waals surface area contributed by atoms with E-state index < -0.39 is 0 Å². The van der Waals surface area contributed by atoms with E-state index in [2.05, 4.69) is 58.4 Å². The average molecular weight is 294 g/mol. The van der Waals surface area contributed by atoms with Crippen molar-refractivity contribution in [2.45, 2.75) is 26.4 Å². The molecule has 0 bridgehead atoms. The molecule has 0 aliphatic heterocycles. The second-order valence-corrected chi connectivity index (χ2v) is 5.17. The number of nitrogens with zero attached hydrogens (tertiary/aromatic N) is 2. The average Bonchev–Trinajstić information content (AvgIpc) is 2.80. The molecule has 0 aliphatic carbocycles. The van der Waals surface area contributed by atoms with Crippen molar-refractivity contribution in [3.63, 3.8) is 0 Å². The Balaban J connectivity index is 2.31. The van der Waals surface area contributed by atoms with Gasteiger partial charge in [0.25, 0.3) is 0 Å². The van der Waals surface area contributed by atoms with Crippen molar-refractivity contribution in [3.05, 3.63) is 46.7 Å². The minimum Gasteiger partial charge on any atom is -0.310 e. The van der Waals surface area contributed by atoms with Crippen LogP contribution in [0.4, 0.5) is 0 Å². The van der Waals surface area contributed by atoms with E-state index in [1.165, 1.54) is 5.56 Å². The highest BCUT2D eigenvalue weighted by atomic mass is 79.9. The Kier molecular flexibility index (Phi) is 3.97. The molecule has 0 fully saturated rings. The predicted molar refractivity (Wildman–Crippen MR) is 73.2 cm³/mol. The lowest BCUT2D eigenvalue weighted by molar-refractivity contribution is 0.586. The standard InChI is InChI=1S/C13H16BrN3/c1-10(2)15-9-11-4-5-12(14)8-13(11)17-7-3-6-16-17/h3-8,10,15H,9H2,1-2H3. The molecular weight excluding hydrogens is 278 g/mol. The van der Waals surface area contributed by atoms with Gasteiger partial charge >= 0.3 is 0 Å². The summed E-state index contributed by atoms with van der Waals surface area (Å²) >= 11 is 3.50. The van der Waals surface area contributed by atoms with Gasteiger partial charge in [0.2, 0.25) is 0 Å². The van der Waals surface area contributed by atoms with Crippen molar-refractivity contribution < 1.29 is 0 Å². The maximum Gasteiger partial charge on any atom is 0.0701 e. The first kappa shape index (κ1) is 12.3. The van der Waals surface area contributed by atoms with E-state index in [4.69, 9.17) is 0 Å². The van der Waals surface area contributed by atoms with E-state index in [1.807, 2.05) is 16.9 Å². The van der Waals surface area contributed by atoms with Crippen molar-refractivity contribution >= 4 is 15.9 Å². The molecule has 2 rings (SSSR count). The van der Waals surface area contributed by atoms with Gasteiger partial charge in [-0.1, -0.05) is 35.8 Å². The van der Waals surface area contributed by atoms with Crippen LogP contribution in [0.3, 0.4) is 0 Å². The summed E-state index contributed by atoms with van der Waals surface area (Å²) in [5, 5.41) is 7.71. The van der Waals surface area contributed by atoms with Gasteiger partial charge in [-0.25, -0.2) is 4.68 Å². The number of hydrogen-bond donors (Lipinski definition) is 1. The summed E-state index contributed by atoms with van der Waals surface area (Å²) in [5.41, 5.74) is 2.35. The van der Waals surface area contributed by atoms with Gasteiger partial charge in [0.15, 0.2) is 0 Å². The molecule has 4 heteroatoms. The maximum absolute atomic E-state index is 4.28. The molecule has 0 amide bonds. The van der Waals surface area contributed by atoms with E-state index in [-0.39, 0.29) is 0 Å². The molecule has 1 aromatic carbocycles. The Morgan fingerprint density at radius 3 is 2.88 bits per heavy atom. The highest BCUT2D eigenvalue weighted by molar-refractivity contribution is 9.10. The molecule has 1 aromatic heterocycles. The first-order valence-corrected chi connectivity index (χ1v) is 6.48. The zero-order chi connectivity index (χ0) is 12.3. The van der Waals surface area contributed by atoms with Crippen molar-refractivity contribution in [2.75, 3.05) is 0 Å². The molecule has 17 heavy (non-hydrogen) atoms. The molecule has 1 heterocycles. The van der Waals surface area contributed by atoms with Crippen LogP contribution >= 0.6 is 15.9 Å². The SMILES string of the molecule is CC(C)NCc1ccc(Br)cc1-n1cccn1. The quantitative estimate of drug-likeness (QED) is 0.939. The molecule has 3 nitrogen and oxygen atoms in total. The van der Waals surface area contributed by atoms with Crippen molar-refractivity contribution in [1.82, 2.24) is 15.1 Å². The fourth-order valence-corrected chi connectivity index (χ4v) is 1.97. The van der Waals surface area contributed by atoms with Gasteiger partial charge in [-0.3, -0.25) is 0 Å². The fraction of sp³-hybridized carbons (Fsp3) is 0.308. The zero-order valence-electron chi connectivity index (χ0n) is 10.0. The molecule has 0 atom stereocenters. The Morgan fingerprint density at radius 2 is 2.24 bits per heavy atom.